The van der Waals surface area contributed by atoms with Gasteiger partial charge in [-0.3, -0.25) is 9.59 Å². The Balaban J connectivity index is 2.38. The number of carbonyl (C=O) groups is 3. The summed E-state index contributed by atoms with van der Waals surface area (Å²) in [6.45, 7) is 10.5. The summed E-state index contributed by atoms with van der Waals surface area (Å²) in [4.78, 5) is 38.3. The van der Waals surface area contributed by atoms with Crippen LogP contribution in [0.15, 0.2) is 12.7 Å². The van der Waals surface area contributed by atoms with E-state index in [2.05, 4.69) is 6.58 Å². The third-order valence-corrected chi connectivity index (χ3v) is 2.94. The number of hydrogen-bond acceptors (Lipinski definition) is 5. The molecule has 0 aromatic heterocycles. The second-order valence-corrected chi connectivity index (χ2v) is 6.00. The second-order valence-electron chi connectivity index (χ2n) is 6.00. The monoisotopic (exact) mass is 312 g/mol. The molecular weight excluding hydrogens is 288 g/mol. The van der Waals surface area contributed by atoms with Crippen LogP contribution >= 0.6 is 0 Å². The summed E-state index contributed by atoms with van der Waals surface area (Å²) in [6, 6.07) is 0. The van der Waals surface area contributed by atoms with E-state index in [1.54, 1.807) is 30.6 Å². The van der Waals surface area contributed by atoms with Crippen LogP contribution in [0.3, 0.4) is 0 Å². The molecule has 2 amide bonds. The van der Waals surface area contributed by atoms with Gasteiger partial charge < -0.3 is 19.3 Å². The first-order valence-electron chi connectivity index (χ1n) is 7.25. The minimum absolute atomic E-state index is 0.0958. The molecule has 1 fully saturated rings. The molecule has 0 bridgehead atoms. The number of amides is 2. The Morgan fingerprint density at radius 3 is 2.14 bits per heavy atom. The molecule has 1 aliphatic rings. The molecule has 1 heterocycles. The predicted octanol–water partition coefficient (Wildman–Crippen LogP) is 1.18. The summed E-state index contributed by atoms with van der Waals surface area (Å²) >= 11 is 0. The number of carbonyl (C=O) groups excluding carboxylic acids is 3. The van der Waals surface area contributed by atoms with Gasteiger partial charge in [-0.1, -0.05) is 12.7 Å². The molecule has 0 spiro atoms. The van der Waals surface area contributed by atoms with Gasteiger partial charge in [0.15, 0.2) is 0 Å². The summed E-state index contributed by atoms with van der Waals surface area (Å²) in [5, 5.41) is 0. The van der Waals surface area contributed by atoms with E-state index in [0.29, 0.717) is 26.2 Å². The van der Waals surface area contributed by atoms with E-state index in [4.69, 9.17) is 9.47 Å². The quantitative estimate of drug-likeness (QED) is 0.443. The number of ether oxygens (including phenoxy) is 2. The maximum Gasteiger partial charge on any atom is 0.410 e. The predicted molar refractivity (Wildman–Crippen MR) is 80.2 cm³/mol. The molecule has 1 aliphatic heterocycles. The fourth-order valence-electron chi connectivity index (χ4n) is 1.90. The largest absolute Gasteiger partial charge is 0.461 e. The van der Waals surface area contributed by atoms with Gasteiger partial charge in [0.25, 0.3) is 0 Å². The molecule has 0 aliphatic carbocycles. The highest BCUT2D eigenvalue weighted by Crippen LogP contribution is 2.12. The third kappa shape index (κ3) is 6.15. The lowest BCUT2D eigenvalue weighted by molar-refractivity contribution is -0.148. The second kappa shape index (κ2) is 7.82. The van der Waals surface area contributed by atoms with Crippen molar-refractivity contribution in [1.82, 2.24) is 9.80 Å². The lowest BCUT2D eigenvalue weighted by Crippen LogP contribution is -2.51. The van der Waals surface area contributed by atoms with Crippen molar-refractivity contribution in [3.8, 4) is 0 Å². The summed E-state index contributed by atoms with van der Waals surface area (Å²) in [5.41, 5.74) is -0.543. The van der Waals surface area contributed by atoms with Crippen molar-refractivity contribution in [1.29, 1.82) is 0 Å². The van der Waals surface area contributed by atoms with Gasteiger partial charge in [0, 0.05) is 26.2 Å². The van der Waals surface area contributed by atoms with Crippen molar-refractivity contribution < 1.29 is 23.9 Å². The molecule has 1 saturated heterocycles. The number of nitrogens with zero attached hydrogens (tertiary/aromatic N) is 2. The van der Waals surface area contributed by atoms with E-state index in [-0.39, 0.29) is 25.0 Å². The first kappa shape index (κ1) is 18.0. The van der Waals surface area contributed by atoms with Crippen LogP contribution in [0.2, 0.25) is 0 Å². The Morgan fingerprint density at radius 1 is 1.09 bits per heavy atom. The van der Waals surface area contributed by atoms with Gasteiger partial charge in [-0.2, -0.15) is 0 Å². The molecule has 0 unspecified atom stereocenters. The highest BCUT2D eigenvalue weighted by atomic mass is 16.6. The minimum Gasteiger partial charge on any atom is -0.461 e. The molecular formula is C15H24N2O5. The Morgan fingerprint density at radius 2 is 1.64 bits per heavy atom. The lowest BCUT2D eigenvalue weighted by Gasteiger charge is -2.35. The van der Waals surface area contributed by atoms with Gasteiger partial charge in [0.2, 0.25) is 5.91 Å². The van der Waals surface area contributed by atoms with Crippen LogP contribution in [0.25, 0.3) is 0 Å². The smallest absolute Gasteiger partial charge is 0.410 e. The van der Waals surface area contributed by atoms with Crippen molar-refractivity contribution in [2.24, 2.45) is 0 Å². The number of esters is 1. The molecule has 0 aromatic rings. The van der Waals surface area contributed by atoms with Crippen LogP contribution in [0.4, 0.5) is 4.79 Å². The highest BCUT2D eigenvalue weighted by Gasteiger charge is 2.28. The fourth-order valence-corrected chi connectivity index (χ4v) is 1.90. The molecule has 7 nitrogen and oxygen atoms in total. The molecule has 0 aromatic carbocycles. The normalized spacial score (nSPS) is 15.2. The zero-order valence-electron chi connectivity index (χ0n) is 13.5. The molecule has 22 heavy (non-hydrogen) atoms. The van der Waals surface area contributed by atoms with Crippen LogP contribution in [0, 0.1) is 0 Å². The fraction of sp³-hybridized carbons (Fsp3) is 0.667. The van der Waals surface area contributed by atoms with E-state index >= 15 is 0 Å². The van der Waals surface area contributed by atoms with Gasteiger partial charge in [-0.05, 0) is 20.8 Å². The van der Waals surface area contributed by atoms with Crippen molar-refractivity contribution in [3.05, 3.63) is 12.7 Å². The SMILES string of the molecule is C=CCOC(=O)CC(=O)N1CCN(C(=O)OC(C)(C)C)CC1. The highest BCUT2D eigenvalue weighted by molar-refractivity contribution is 5.94. The maximum atomic E-state index is 11.9. The first-order chi connectivity index (χ1) is 10.2. The molecule has 0 saturated carbocycles. The lowest BCUT2D eigenvalue weighted by atomic mass is 10.2. The van der Waals surface area contributed by atoms with Crippen LogP contribution in [-0.2, 0) is 19.1 Å². The van der Waals surface area contributed by atoms with Gasteiger partial charge in [0.1, 0.15) is 18.6 Å². The molecule has 0 radical (unpaired) electrons. The zero-order chi connectivity index (χ0) is 16.8. The molecule has 0 N–H and O–H groups in total. The summed E-state index contributed by atoms with van der Waals surface area (Å²) in [6.07, 6.45) is 0.771. The Kier molecular flexibility index (Phi) is 6.39. The third-order valence-electron chi connectivity index (χ3n) is 2.94. The number of hydrogen-bond donors (Lipinski definition) is 0. The Labute approximate surface area is 130 Å². The number of piperazine rings is 1. The topological polar surface area (TPSA) is 76.2 Å². The zero-order valence-corrected chi connectivity index (χ0v) is 13.5. The molecule has 0 atom stereocenters. The van der Waals surface area contributed by atoms with E-state index in [1.165, 1.54) is 6.08 Å². The van der Waals surface area contributed by atoms with Crippen LogP contribution in [-0.4, -0.2) is 66.2 Å². The van der Waals surface area contributed by atoms with E-state index in [9.17, 15) is 14.4 Å². The summed E-state index contributed by atoms with van der Waals surface area (Å²) < 4.78 is 10.1. The minimum atomic E-state index is -0.570. The van der Waals surface area contributed by atoms with E-state index < -0.39 is 11.6 Å². The standard InChI is InChI=1S/C15H24N2O5/c1-5-10-21-13(19)11-12(18)16-6-8-17(9-7-16)14(20)22-15(2,3)4/h5H,1,6-11H2,2-4H3. The van der Waals surface area contributed by atoms with Gasteiger partial charge in [-0.25, -0.2) is 4.79 Å². The van der Waals surface area contributed by atoms with Crippen molar-refractivity contribution in [3.63, 3.8) is 0 Å². The van der Waals surface area contributed by atoms with Crippen LogP contribution in [0.5, 0.6) is 0 Å². The molecule has 1 rings (SSSR count). The summed E-state index contributed by atoms with van der Waals surface area (Å²) in [7, 11) is 0. The van der Waals surface area contributed by atoms with Gasteiger partial charge in [0.05, 0.1) is 0 Å². The molecule has 124 valence electrons. The first-order valence-corrected chi connectivity index (χ1v) is 7.25. The van der Waals surface area contributed by atoms with Crippen molar-refractivity contribution in [2.45, 2.75) is 32.8 Å². The number of rotatable bonds is 4. The van der Waals surface area contributed by atoms with Gasteiger partial charge >= 0.3 is 12.1 Å². The summed E-state index contributed by atoms with van der Waals surface area (Å²) in [5.74, 6) is -0.864. The maximum absolute atomic E-state index is 11.9. The van der Waals surface area contributed by atoms with E-state index in [1.807, 2.05) is 0 Å². The average molecular weight is 312 g/mol. The van der Waals surface area contributed by atoms with Crippen molar-refractivity contribution >= 4 is 18.0 Å². The van der Waals surface area contributed by atoms with Crippen LogP contribution < -0.4 is 0 Å². The van der Waals surface area contributed by atoms with Crippen LogP contribution in [0.1, 0.15) is 27.2 Å². The van der Waals surface area contributed by atoms with Crippen molar-refractivity contribution in [2.75, 3.05) is 32.8 Å². The van der Waals surface area contributed by atoms with Gasteiger partial charge in [-0.15, -0.1) is 0 Å². The Bertz CT molecular complexity index is 434. The molecule has 7 heteroatoms. The average Bonchev–Trinajstić information content (AvgIpc) is 2.43. The van der Waals surface area contributed by atoms with E-state index in [0.717, 1.165) is 0 Å². The Hall–Kier alpha value is -2.05.